The van der Waals surface area contributed by atoms with Crippen molar-refractivity contribution in [1.29, 1.82) is 0 Å². The molecule has 0 radical (unpaired) electrons. The van der Waals surface area contributed by atoms with Crippen LogP contribution in [0.1, 0.15) is 52.2 Å². The lowest BCUT2D eigenvalue weighted by molar-refractivity contribution is -0.161. The average molecular weight is 397 g/mol. The number of benzene rings is 2. The van der Waals surface area contributed by atoms with Gasteiger partial charge in [-0.25, -0.2) is 4.79 Å². The molecule has 0 aliphatic heterocycles. The van der Waals surface area contributed by atoms with Gasteiger partial charge in [-0.2, -0.15) is 5.48 Å². The fourth-order valence-corrected chi connectivity index (χ4v) is 3.21. The maximum Gasteiger partial charge on any atom is 0.329 e. The normalized spacial score (nSPS) is 12.9. The van der Waals surface area contributed by atoms with Crippen LogP contribution in [-0.2, 0) is 22.7 Å². The largest absolute Gasteiger partial charge is 0.370 e. The van der Waals surface area contributed by atoms with E-state index in [1.54, 1.807) is 0 Å². The Bertz CT molecular complexity index is 682. The van der Waals surface area contributed by atoms with E-state index in [0.717, 1.165) is 19.5 Å². The van der Waals surface area contributed by atoms with Crippen molar-refractivity contribution >= 4 is 5.97 Å². The van der Waals surface area contributed by atoms with Crippen molar-refractivity contribution in [3.05, 3.63) is 71.8 Å². The van der Waals surface area contributed by atoms with Crippen molar-refractivity contribution in [3.63, 3.8) is 0 Å². The summed E-state index contributed by atoms with van der Waals surface area (Å²) < 4.78 is 0. The molecule has 1 unspecified atom stereocenters. The molecule has 4 heteroatoms. The van der Waals surface area contributed by atoms with E-state index in [1.165, 1.54) is 11.1 Å². The van der Waals surface area contributed by atoms with E-state index in [4.69, 9.17) is 4.84 Å². The Labute approximate surface area is 176 Å². The quantitative estimate of drug-likeness (QED) is 0.561. The Morgan fingerprint density at radius 3 is 1.83 bits per heavy atom. The fraction of sp³-hybridized carbons (Fsp3) is 0.480. The molecule has 1 atom stereocenters. The molecule has 4 nitrogen and oxygen atoms in total. The number of nitrogens with zero attached hydrogens (tertiary/aromatic N) is 1. The molecule has 0 saturated carbocycles. The number of carbonyl (C=O) groups excluding carboxylic acids is 1. The van der Waals surface area contributed by atoms with Crippen LogP contribution < -0.4 is 5.48 Å². The van der Waals surface area contributed by atoms with Crippen molar-refractivity contribution < 1.29 is 9.63 Å². The third-order valence-electron chi connectivity index (χ3n) is 4.81. The van der Waals surface area contributed by atoms with Crippen molar-refractivity contribution in [3.8, 4) is 0 Å². The maximum atomic E-state index is 12.1. The summed E-state index contributed by atoms with van der Waals surface area (Å²) in [6.45, 7) is 12.3. The first-order valence-electron chi connectivity index (χ1n) is 10.5. The van der Waals surface area contributed by atoms with E-state index in [1.807, 2.05) is 32.9 Å². The minimum atomic E-state index is -0.520. The lowest BCUT2D eigenvalue weighted by Gasteiger charge is -2.33. The second-order valence-electron chi connectivity index (χ2n) is 9.15. The van der Waals surface area contributed by atoms with Crippen LogP contribution >= 0.6 is 0 Å². The molecule has 2 aromatic carbocycles. The Hall–Kier alpha value is -2.17. The Balaban J connectivity index is 2.14. The first-order valence-corrected chi connectivity index (χ1v) is 10.5. The first kappa shape index (κ1) is 23.1. The van der Waals surface area contributed by atoms with Crippen molar-refractivity contribution in [2.24, 2.45) is 11.3 Å². The third-order valence-corrected chi connectivity index (χ3v) is 4.81. The predicted octanol–water partition coefficient (Wildman–Crippen LogP) is 5.20. The highest BCUT2D eigenvalue weighted by Gasteiger charge is 2.25. The molecule has 29 heavy (non-hydrogen) atoms. The molecule has 0 heterocycles. The van der Waals surface area contributed by atoms with Crippen LogP contribution in [-0.4, -0.2) is 23.5 Å². The third kappa shape index (κ3) is 8.38. The van der Waals surface area contributed by atoms with Gasteiger partial charge in [0, 0.05) is 25.7 Å². The van der Waals surface area contributed by atoms with Crippen molar-refractivity contribution in [2.75, 3.05) is 6.54 Å². The minimum Gasteiger partial charge on any atom is -0.370 e. The molecule has 158 valence electrons. The topological polar surface area (TPSA) is 41.6 Å². The number of hydroxylamine groups is 1. The van der Waals surface area contributed by atoms with Crippen LogP contribution in [0.15, 0.2) is 60.7 Å². The van der Waals surface area contributed by atoms with E-state index in [0.29, 0.717) is 12.5 Å². The summed E-state index contributed by atoms with van der Waals surface area (Å²) in [5.74, 6) is 0.299. The predicted molar refractivity (Wildman–Crippen MR) is 119 cm³/mol. The number of hydrogen-bond donors (Lipinski definition) is 1. The zero-order chi connectivity index (χ0) is 21.3. The van der Waals surface area contributed by atoms with Crippen LogP contribution in [0.2, 0.25) is 0 Å². The van der Waals surface area contributed by atoms with Crippen LogP contribution in [0.4, 0.5) is 0 Å². The molecule has 0 saturated heterocycles. The highest BCUT2D eigenvalue weighted by molar-refractivity contribution is 5.75. The zero-order valence-electron chi connectivity index (χ0n) is 18.5. The highest BCUT2D eigenvalue weighted by Crippen LogP contribution is 2.19. The van der Waals surface area contributed by atoms with Gasteiger partial charge in [0.15, 0.2) is 0 Å². The number of carbonyl (C=O) groups is 1. The molecule has 0 fully saturated rings. The van der Waals surface area contributed by atoms with Gasteiger partial charge in [-0.3, -0.25) is 4.90 Å². The second kappa shape index (κ2) is 11.1. The van der Waals surface area contributed by atoms with Crippen molar-refractivity contribution in [1.82, 2.24) is 10.4 Å². The lowest BCUT2D eigenvalue weighted by Crippen LogP contribution is -2.43. The Kier molecular flexibility index (Phi) is 8.87. The van der Waals surface area contributed by atoms with E-state index in [-0.39, 0.29) is 12.0 Å². The van der Waals surface area contributed by atoms with Gasteiger partial charge in [0.2, 0.25) is 0 Å². The van der Waals surface area contributed by atoms with Gasteiger partial charge >= 0.3 is 5.97 Å². The molecule has 0 aromatic heterocycles. The molecule has 0 aliphatic carbocycles. The summed E-state index contributed by atoms with van der Waals surface area (Å²) in [6, 6.07) is 21.3. The average Bonchev–Trinajstić information content (AvgIpc) is 2.67. The van der Waals surface area contributed by atoms with Gasteiger partial charge in [-0.1, -0.05) is 74.5 Å². The Morgan fingerprint density at radius 1 is 0.931 bits per heavy atom. The molecule has 0 amide bonds. The SMILES string of the molecule is CC(C)CC(CNOC(=O)C(C)(C)C)N(Cc1ccccc1)Cc1ccccc1. The van der Waals surface area contributed by atoms with E-state index in [9.17, 15) is 4.79 Å². The summed E-state index contributed by atoms with van der Waals surface area (Å²) in [5, 5.41) is 0. The van der Waals surface area contributed by atoms with Gasteiger partial charge in [0.05, 0.1) is 5.41 Å². The molecule has 0 spiro atoms. The van der Waals surface area contributed by atoms with Crippen LogP contribution in [0.3, 0.4) is 0 Å². The van der Waals surface area contributed by atoms with Gasteiger partial charge < -0.3 is 4.84 Å². The summed E-state index contributed by atoms with van der Waals surface area (Å²) in [7, 11) is 0. The van der Waals surface area contributed by atoms with Crippen LogP contribution in [0, 0.1) is 11.3 Å². The Morgan fingerprint density at radius 2 is 1.41 bits per heavy atom. The highest BCUT2D eigenvalue weighted by atomic mass is 16.7. The van der Waals surface area contributed by atoms with Gasteiger partial charge in [-0.05, 0) is 44.2 Å². The number of hydrogen-bond acceptors (Lipinski definition) is 4. The van der Waals surface area contributed by atoms with Gasteiger partial charge in [0.1, 0.15) is 0 Å². The van der Waals surface area contributed by atoms with Crippen LogP contribution in [0.5, 0.6) is 0 Å². The summed E-state index contributed by atoms with van der Waals surface area (Å²) in [6.07, 6.45) is 1.01. The number of rotatable bonds is 10. The molecule has 2 aromatic rings. The fourth-order valence-electron chi connectivity index (χ4n) is 3.21. The lowest BCUT2D eigenvalue weighted by atomic mass is 9.98. The van der Waals surface area contributed by atoms with E-state index in [2.05, 4.69) is 72.8 Å². The van der Waals surface area contributed by atoms with Crippen molar-refractivity contribution in [2.45, 2.75) is 60.2 Å². The molecule has 0 aliphatic rings. The summed E-state index contributed by atoms with van der Waals surface area (Å²) >= 11 is 0. The molecule has 0 bridgehead atoms. The van der Waals surface area contributed by atoms with Gasteiger partial charge in [-0.15, -0.1) is 0 Å². The van der Waals surface area contributed by atoms with E-state index < -0.39 is 5.41 Å². The molecular weight excluding hydrogens is 360 g/mol. The molecular formula is C25H36N2O2. The molecule has 2 rings (SSSR count). The smallest absolute Gasteiger partial charge is 0.329 e. The summed E-state index contributed by atoms with van der Waals surface area (Å²) in [5.41, 5.74) is 5.00. The summed E-state index contributed by atoms with van der Waals surface area (Å²) in [4.78, 5) is 20.0. The monoisotopic (exact) mass is 396 g/mol. The van der Waals surface area contributed by atoms with Crippen LogP contribution in [0.25, 0.3) is 0 Å². The second-order valence-corrected chi connectivity index (χ2v) is 9.15. The number of nitrogens with one attached hydrogen (secondary N) is 1. The van der Waals surface area contributed by atoms with E-state index >= 15 is 0 Å². The first-order chi connectivity index (χ1) is 13.8. The zero-order valence-corrected chi connectivity index (χ0v) is 18.5. The minimum absolute atomic E-state index is 0.238. The standard InChI is InChI=1S/C25H36N2O2/c1-20(2)16-23(17-26-29-24(28)25(3,4)5)27(18-21-12-8-6-9-13-21)19-22-14-10-7-11-15-22/h6-15,20,23,26H,16-19H2,1-5H3. The maximum absolute atomic E-state index is 12.1. The molecule has 1 N–H and O–H groups in total. The van der Waals surface area contributed by atoms with Gasteiger partial charge in [0.25, 0.3) is 0 Å².